The fourth-order valence-corrected chi connectivity index (χ4v) is 2.95. The van der Waals surface area contributed by atoms with Crippen LogP contribution in [0.1, 0.15) is 22.4 Å². The maximum Gasteiger partial charge on any atom is 0.349 e. The van der Waals surface area contributed by atoms with Crippen molar-refractivity contribution in [2.45, 2.75) is 20.0 Å². The molecule has 2 heterocycles. The van der Waals surface area contributed by atoms with E-state index in [4.69, 9.17) is 9.26 Å². The number of amides is 1. The topological polar surface area (TPSA) is 81.4 Å². The first kappa shape index (κ1) is 15.2. The van der Waals surface area contributed by atoms with Crippen molar-refractivity contribution < 1.29 is 18.8 Å². The van der Waals surface area contributed by atoms with Gasteiger partial charge in [0.05, 0.1) is 0 Å². The van der Waals surface area contributed by atoms with Crippen molar-refractivity contribution in [3.63, 3.8) is 0 Å². The average molecular weight is 330 g/mol. The molecule has 0 spiro atoms. The maximum absolute atomic E-state index is 12.2. The Balaban J connectivity index is 1.65. The number of thiophene rings is 1. The number of aryl methyl sites for hydroxylation is 1. The number of nitrogens with one attached hydrogen (secondary N) is 1. The molecule has 3 aromatic rings. The van der Waals surface area contributed by atoms with E-state index in [-0.39, 0.29) is 5.82 Å². The number of esters is 1. The van der Waals surface area contributed by atoms with Crippen LogP contribution in [-0.2, 0) is 9.53 Å². The molecule has 2 aromatic heterocycles. The summed E-state index contributed by atoms with van der Waals surface area (Å²) in [5.41, 5.74) is 0. The third-order valence-electron chi connectivity index (χ3n) is 3.16. The maximum atomic E-state index is 12.2. The van der Waals surface area contributed by atoms with Gasteiger partial charge in [-0.2, -0.15) is 0 Å². The Labute approximate surface area is 136 Å². The van der Waals surface area contributed by atoms with Crippen LogP contribution < -0.4 is 5.32 Å². The monoisotopic (exact) mass is 330 g/mol. The summed E-state index contributed by atoms with van der Waals surface area (Å²) in [6, 6.07) is 11.0. The second-order valence-electron chi connectivity index (χ2n) is 5.01. The van der Waals surface area contributed by atoms with Gasteiger partial charge in [-0.1, -0.05) is 23.4 Å². The lowest BCUT2D eigenvalue weighted by Crippen LogP contribution is -2.29. The number of rotatable bonds is 4. The number of aromatic nitrogens is 1. The molecule has 0 aliphatic rings. The molecule has 1 N–H and O–H groups in total. The van der Waals surface area contributed by atoms with E-state index < -0.39 is 18.0 Å². The zero-order chi connectivity index (χ0) is 16.4. The number of anilines is 1. The van der Waals surface area contributed by atoms with E-state index in [1.807, 2.05) is 24.3 Å². The predicted octanol–water partition coefficient (Wildman–Crippen LogP) is 3.38. The molecule has 6 nitrogen and oxygen atoms in total. The van der Waals surface area contributed by atoms with E-state index in [1.165, 1.54) is 18.3 Å². The Hall–Kier alpha value is -2.67. The number of hydrogen-bond acceptors (Lipinski definition) is 6. The van der Waals surface area contributed by atoms with Gasteiger partial charge in [-0.05, 0) is 31.4 Å². The third kappa shape index (κ3) is 3.40. The Morgan fingerprint density at radius 1 is 1.30 bits per heavy atom. The number of carbonyl (C=O) groups excluding carboxylic acids is 2. The first-order valence-electron chi connectivity index (χ1n) is 6.96. The normalized spacial score (nSPS) is 12.1. The van der Waals surface area contributed by atoms with Crippen LogP contribution in [0.4, 0.5) is 5.82 Å². The fraction of sp³-hybridized carbons (Fsp3) is 0.188. The van der Waals surface area contributed by atoms with Crippen molar-refractivity contribution in [1.29, 1.82) is 0 Å². The molecule has 1 aromatic carbocycles. The van der Waals surface area contributed by atoms with Crippen LogP contribution in [0.3, 0.4) is 0 Å². The minimum absolute atomic E-state index is 0.289. The van der Waals surface area contributed by atoms with Crippen LogP contribution in [-0.4, -0.2) is 23.1 Å². The van der Waals surface area contributed by atoms with Gasteiger partial charge < -0.3 is 14.6 Å². The van der Waals surface area contributed by atoms with Crippen molar-refractivity contribution in [2.24, 2.45) is 0 Å². The second kappa shape index (κ2) is 6.21. The molecular weight excluding hydrogens is 316 g/mol. The van der Waals surface area contributed by atoms with Crippen molar-refractivity contribution in [3.05, 3.63) is 47.0 Å². The second-order valence-corrected chi connectivity index (χ2v) is 6.09. The van der Waals surface area contributed by atoms with Crippen molar-refractivity contribution in [3.8, 4) is 0 Å². The summed E-state index contributed by atoms with van der Waals surface area (Å²) in [4.78, 5) is 24.6. The third-order valence-corrected chi connectivity index (χ3v) is 4.26. The zero-order valence-corrected chi connectivity index (χ0v) is 13.3. The zero-order valence-electron chi connectivity index (χ0n) is 12.5. The van der Waals surface area contributed by atoms with E-state index in [0.717, 1.165) is 10.1 Å². The van der Waals surface area contributed by atoms with Crippen LogP contribution in [0.25, 0.3) is 10.1 Å². The lowest BCUT2D eigenvalue weighted by atomic mass is 10.2. The lowest BCUT2D eigenvalue weighted by molar-refractivity contribution is -0.123. The Morgan fingerprint density at radius 3 is 2.78 bits per heavy atom. The average Bonchev–Trinajstić information content (AvgIpc) is 3.13. The molecule has 23 heavy (non-hydrogen) atoms. The minimum Gasteiger partial charge on any atom is -0.448 e. The molecule has 0 saturated carbocycles. The molecule has 1 amide bonds. The highest BCUT2D eigenvalue weighted by molar-refractivity contribution is 7.20. The quantitative estimate of drug-likeness (QED) is 0.742. The van der Waals surface area contributed by atoms with Crippen LogP contribution in [0.5, 0.6) is 0 Å². The van der Waals surface area contributed by atoms with Crippen LogP contribution in [0.2, 0.25) is 0 Å². The molecule has 1 unspecified atom stereocenters. The van der Waals surface area contributed by atoms with E-state index in [9.17, 15) is 9.59 Å². The summed E-state index contributed by atoms with van der Waals surface area (Å²) in [7, 11) is 0. The van der Waals surface area contributed by atoms with Gasteiger partial charge in [0.1, 0.15) is 10.6 Å². The van der Waals surface area contributed by atoms with Crippen LogP contribution in [0.15, 0.2) is 40.9 Å². The Kier molecular flexibility index (Phi) is 4.12. The first-order chi connectivity index (χ1) is 11.0. The van der Waals surface area contributed by atoms with E-state index in [1.54, 1.807) is 19.1 Å². The van der Waals surface area contributed by atoms with E-state index in [2.05, 4.69) is 10.5 Å². The predicted molar refractivity (Wildman–Crippen MR) is 86.6 cm³/mol. The number of carbonyl (C=O) groups is 2. The highest BCUT2D eigenvalue weighted by atomic mass is 32.1. The fourth-order valence-electron chi connectivity index (χ4n) is 2.01. The molecule has 1 atom stereocenters. The first-order valence-corrected chi connectivity index (χ1v) is 7.78. The molecule has 0 aliphatic heterocycles. The Morgan fingerprint density at radius 2 is 2.09 bits per heavy atom. The SMILES string of the molecule is Cc1cc(NC(=O)C(C)OC(=O)c2cc3ccccc3s2)no1. The van der Waals surface area contributed by atoms with Gasteiger partial charge in [-0.25, -0.2) is 4.79 Å². The van der Waals surface area contributed by atoms with Gasteiger partial charge in [0.2, 0.25) is 0 Å². The van der Waals surface area contributed by atoms with E-state index >= 15 is 0 Å². The van der Waals surface area contributed by atoms with Gasteiger partial charge in [-0.3, -0.25) is 4.79 Å². The van der Waals surface area contributed by atoms with Gasteiger partial charge in [0.25, 0.3) is 5.91 Å². The van der Waals surface area contributed by atoms with Gasteiger partial charge in [0.15, 0.2) is 11.9 Å². The standard InChI is InChI=1S/C16H14N2O4S/c1-9-7-14(18-22-9)17-15(19)10(2)21-16(20)13-8-11-5-3-4-6-12(11)23-13/h3-8,10H,1-2H3,(H,17,18,19). The molecule has 0 radical (unpaired) electrons. The summed E-state index contributed by atoms with van der Waals surface area (Å²) < 4.78 is 11.1. The van der Waals surface area contributed by atoms with Gasteiger partial charge in [0, 0.05) is 10.8 Å². The smallest absolute Gasteiger partial charge is 0.349 e. The highest BCUT2D eigenvalue weighted by Crippen LogP contribution is 2.26. The summed E-state index contributed by atoms with van der Waals surface area (Å²) in [6.45, 7) is 3.22. The molecule has 0 saturated heterocycles. The highest BCUT2D eigenvalue weighted by Gasteiger charge is 2.21. The van der Waals surface area contributed by atoms with Gasteiger partial charge >= 0.3 is 5.97 Å². The molecular formula is C16H14N2O4S. The molecule has 0 bridgehead atoms. The molecule has 0 fully saturated rings. The van der Waals surface area contributed by atoms with Crippen molar-refractivity contribution in [2.75, 3.05) is 5.32 Å². The summed E-state index contributed by atoms with van der Waals surface area (Å²) in [5.74, 6) is -0.120. The number of fused-ring (bicyclic) bond motifs is 1. The van der Waals surface area contributed by atoms with E-state index in [0.29, 0.717) is 10.6 Å². The largest absolute Gasteiger partial charge is 0.448 e. The molecule has 118 valence electrons. The number of nitrogens with zero attached hydrogens (tertiary/aromatic N) is 1. The summed E-state index contributed by atoms with van der Waals surface area (Å²) in [6.07, 6.45) is -0.940. The Bertz CT molecular complexity index is 835. The van der Waals surface area contributed by atoms with Crippen LogP contribution in [0, 0.1) is 6.92 Å². The molecule has 0 aliphatic carbocycles. The van der Waals surface area contributed by atoms with Crippen molar-refractivity contribution in [1.82, 2.24) is 5.16 Å². The number of hydrogen-bond donors (Lipinski definition) is 1. The van der Waals surface area contributed by atoms with Crippen LogP contribution >= 0.6 is 11.3 Å². The van der Waals surface area contributed by atoms with Gasteiger partial charge in [-0.15, -0.1) is 11.3 Å². The number of ether oxygens (including phenoxy) is 1. The lowest BCUT2D eigenvalue weighted by Gasteiger charge is -2.11. The molecule has 3 rings (SSSR count). The molecule has 7 heteroatoms. The van der Waals surface area contributed by atoms with Crippen molar-refractivity contribution >= 4 is 39.1 Å². The summed E-state index contributed by atoms with van der Waals surface area (Å²) in [5, 5.41) is 7.16. The minimum atomic E-state index is -0.940. The number of benzene rings is 1. The summed E-state index contributed by atoms with van der Waals surface area (Å²) >= 11 is 1.33.